The highest BCUT2D eigenvalue weighted by molar-refractivity contribution is 5.67. The predicted octanol–water partition coefficient (Wildman–Crippen LogP) is 4.73. The molecule has 1 heterocycles. The number of hydrogen-bond donors (Lipinski definition) is 3. The molecule has 5 nitrogen and oxygen atoms in total. The fraction of sp³-hybridized carbons (Fsp3) is 0.333. The van der Waals surface area contributed by atoms with Crippen molar-refractivity contribution >= 4 is 11.5 Å². The van der Waals surface area contributed by atoms with E-state index in [0.29, 0.717) is 23.6 Å². The summed E-state index contributed by atoms with van der Waals surface area (Å²) >= 11 is 0. The highest BCUT2D eigenvalue weighted by Crippen LogP contribution is 2.35. The predicted molar refractivity (Wildman–Crippen MR) is 123 cm³/mol. The number of nitrogens with zero attached hydrogens (tertiary/aromatic N) is 2. The number of benzene rings is 1. The van der Waals surface area contributed by atoms with Crippen molar-refractivity contribution in [2.24, 2.45) is 17.4 Å². The first-order valence-corrected chi connectivity index (χ1v) is 10.0. The molecule has 0 aliphatic heterocycles. The van der Waals surface area contributed by atoms with Crippen molar-refractivity contribution in [3.05, 3.63) is 70.8 Å². The first kappa shape index (κ1) is 25.6. The molecule has 166 valence electrons. The van der Waals surface area contributed by atoms with E-state index in [-0.39, 0.29) is 17.2 Å². The van der Waals surface area contributed by atoms with Crippen molar-refractivity contribution in [2.75, 3.05) is 5.73 Å². The van der Waals surface area contributed by atoms with Gasteiger partial charge in [-0.2, -0.15) is 0 Å². The first-order chi connectivity index (χ1) is 14.7. The molecule has 6 N–H and O–H groups in total. The van der Waals surface area contributed by atoms with Crippen LogP contribution in [-0.4, -0.2) is 9.97 Å². The lowest BCUT2D eigenvalue weighted by Crippen LogP contribution is -2.19. The highest BCUT2D eigenvalue weighted by Gasteiger charge is 2.24. The van der Waals surface area contributed by atoms with Crippen LogP contribution in [0.4, 0.5) is 14.6 Å². The summed E-state index contributed by atoms with van der Waals surface area (Å²) in [7, 11) is 0. The lowest BCUT2D eigenvalue weighted by Gasteiger charge is -2.24. The summed E-state index contributed by atoms with van der Waals surface area (Å²) in [5.74, 6) is -0.404. The lowest BCUT2D eigenvalue weighted by molar-refractivity contribution is 0.576. The molecule has 0 fully saturated rings. The average molecular weight is 428 g/mol. The van der Waals surface area contributed by atoms with E-state index < -0.39 is 11.6 Å². The van der Waals surface area contributed by atoms with Crippen LogP contribution in [0.3, 0.4) is 0 Å². The molecule has 1 aromatic carbocycles. The van der Waals surface area contributed by atoms with Gasteiger partial charge in [-0.3, -0.25) is 4.98 Å². The molecular formula is C24H31F2N5. The fourth-order valence-electron chi connectivity index (χ4n) is 3.08. The second-order valence-corrected chi connectivity index (χ2v) is 7.72. The van der Waals surface area contributed by atoms with Crippen LogP contribution in [0.25, 0.3) is 5.70 Å². The van der Waals surface area contributed by atoms with Gasteiger partial charge in [0.1, 0.15) is 17.5 Å². The Labute approximate surface area is 183 Å². The number of rotatable bonds is 3. The van der Waals surface area contributed by atoms with E-state index in [2.05, 4.69) is 43.6 Å². The fourth-order valence-corrected chi connectivity index (χ4v) is 3.08. The van der Waals surface area contributed by atoms with Gasteiger partial charge in [0.15, 0.2) is 0 Å². The molecule has 0 radical (unpaired) electrons. The van der Waals surface area contributed by atoms with Crippen LogP contribution in [0, 0.1) is 30.4 Å². The molecule has 0 spiro atoms. The minimum absolute atomic E-state index is 0.00728. The van der Waals surface area contributed by atoms with E-state index in [4.69, 9.17) is 17.2 Å². The van der Waals surface area contributed by atoms with Crippen LogP contribution in [0.2, 0.25) is 0 Å². The van der Waals surface area contributed by atoms with Gasteiger partial charge in [-0.05, 0) is 49.0 Å². The molecule has 1 unspecified atom stereocenters. The normalized spacial score (nSPS) is 16.1. The van der Waals surface area contributed by atoms with Crippen molar-refractivity contribution in [3.63, 3.8) is 0 Å². The van der Waals surface area contributed by atoms with Gasteiger partial charge in [-0.15, -0.1) is 12.8 Å². The Morgan fingerprint density at radius 1 is 1.13 bits per heavy atom. The molecule has 3 rings (SSSR count). The third-order valence-electron chi connectivity index (χ3n) is 4.30. The van der Waals surface area contributed by atoms with E-state index in [0.717, 1.165) is 24.3 Å². The largest absolute Gasteiger partial charge is 0.401 e. The van der Waals surface area contributed by atoms with Gasteiger partial charge in [0.2, 0.25) is 0 Å². The summed E-state index contributed by atoms with van der Waals surface area (Å²) in [6.07, 6.45) is 15.0. The Morgan fingerprint density at radius 3 is 2.26 bits per heavy atom. The molecule has 0 saturated carbocycles. The zero-order valence-electron chi connectivity index (χ0n) is 18.3. The van der Waals surface area contributed by atoms with E-state index >= 15 is 0 Å². The number of hydrogen-bond acceptors (Lipinski definition) is 5. The Morgan fingerprint density at radius 2 is 1.71 bits per heavy atom. The van der Waals surface area contributed by atoms with Gasteiger partial charge in [-0.25, -0.2) is 13.8 Å². The minimum atomic E-state index is -0.706. The molecule has 0 bridgehead atoms. The minimum Gasteiger partial charge on any atom is -0.401 e. The molecule has 1 aliphatic carbocycles. The van der Waals surface area contributed by atoms with Crippen LogP contribution in [-0.2, 0) is 0 Å². The van der Waals surface area contributed by atoms with Gasteiger partial charge in [-0.1, -0.05) is 26.8 Å². The molecule has 1 atom stereocenters. The first-order valence-electron chi connectivity index (χ1n) is 10.0. The Bertz CT molecular complexity index is 925. The Hall–Kier alpha value is -3.40. The van der Waals surface area contributed by atoms with E-state index in [1.165, 1.54) is 24.4 Å². The molecule has 1 aliphatic rings. The van der Waals surface area contributed by atoms with E-state index in [1.807, 2.05) is 0 Å². The van der Waals surface area contributed by atoms with Crippen LogP contribution in [0.15, 0.2) is 47.9 Å². The number of halogens is 2. The molecule has 1 aromatic heterocycles. The topological polar surface area (TPSA) is 104 Å². The van der Waals surface area contributed by atoms with Crippen molar-refractivity contribution < 1.29 is 8.78 Å². The third kappa shape index (κ3) is 7.41. The maximum Gasteiger partial charge on any atom is 0.142 e. The molecule has 2 aromatic rings. The molecular weight excluding hydrogens is 396 g/mol. The summed E-state index contributed by atoms with van der Waals surface area (Å²) in [5.41, 5.74) is 19.7. The van der Waals surface area contributed by atoms with Gasteiger partial charge in [0, 0.05) is 23.5 Å². The van der Waals surface area contributed by atoms with Crippen molar-refractivity contribution in [1.82, 2.24) is 9.97 Å². The highest BCUT2D eigenvalue weighted by atomic mass is 19.1. The molecule has 0 saturated heterocycles. The summed E-state index contributed by atoms with van der Waals surface area (Å²) < 4.78 is 27.8. The average Bonchev–Trinajstić information content (AvgIpc) is 2.70. The standard InChI is InChI=1S/C18H19F2N5.C4H10.C2H2/c19-12-5-2-6-13(20)17(12)14(21)7-10-3-1-4-11(18(10)23)15-8-24-9-16(22)25-15;1-4(2)3;1-2/h2,5-9,11H,1,3-4,21,23H2,(H2,22,25);4H,1-3H3;1-2H/b14-7-;;. The van der Waals surface area contributed by atoms with Crippen LogP contribution in [0.5, 0.6) is 0 Å². The summed E-state index contributed by atoms with van der Waals surface area (Å²) in [6, 6.07) is 3.63. The van der Waals surface area contributed by atoms with Gasteiger partial charge in [0.25, 0.3) is 0 Å². The van der Waals surface area contributed by atoms with Crippen LogP contribution >= 0.6 is 0 Å². The second kappa shape index (κ2) is 12.3. The van der Waals surface area contributed by atoms with Crippen LogP contribution < -0.4 is 17.2 Å². The Kier molecular flexibility index (Phi) is 10.2. The number of nitrogen functional groups attached to an aromatic ring is 1. The van der Waals surface area contributed by atoms with Gasteiger partial charge < -0.3 is 17.2 Å². The second-order valence-electron chi connectivity index (χ2n) is 7.72. The third-order valence-corrected chi connectivity index (χ3v) is 4.30. The van der Waals surface area contributed by atoms with Gasteiger partial charge >= 0.3 is 0 Å². The van der Waals surface area contributed by atoms with Crippen molar-refractivity contribution in [2.45, 2.75) is 46.0 Å². The number of allylic oxidation sites excluding steroid dienone is 3. The monoisotopic (exact) mass is 427 g/mol. The van der Waals surface area contributed by atoms with E-state index in [1.54, 1.807) is 12.3 Å². The molecule has 7 heteroatoms. The van der Waals surface area contributed by atoms with Crippen LogP contribution in [0.1, 0.15) is 57.2 Å². The SMILES string of the molecule is C#C.CC(C)C.NC1=C(/C=C(\N)c2c(F)cccc2F)CCCC1c1cncc(N)n1. The maximum atomic E-state index is 13.9. The van der Waals surface area contributed by atoms with Crippen molar-refractivity contribution in [1.29, 1.82) is 0 Å². The van der Waals surface area contributed by atoms with E-state index in [9.17, 15) is 8.78 Å². The zero-order valence-corrected chi connectivity index (χ0v) is 18.3. The summed E-state index contributed by atoms with van der Waals surface area (Å²) in [4.78, 5) is 8.32. The summed E-state index contributed by atoms with van der Waals surface area (Å²) in [5, 5.41) is 0. The number of nitrogens with two attached hydrogens (primary N) is 3. The molecule has 0 amide bonds. The zero-order chi connectivity index (χ0) is 23.6. The smallest absolute Gasteiger partial charge is 0.142 e. The molecule has 31 heavy (non-hydrogen) atoms. The maximum absolute atomic E-state index is 13.9. The van der Waals surface area contributed by atoms with Crippen molar-refractivity contribution in [3.8, 4) is 12.8 Å². The summed E-state index contributed by atoms with van der Waals surface area (Å²) in [6.45, 7) is 6.50. The number of anilines is 1. The number of aromatic nitrogens is 2. The lowest BCUT2D eigenvalue weighted by atomic mass is 9.84. The number of terminal acetylenes is 1. The quantitative estimate of drug-likeness (QED) is 0.615. The Balaban J connectivity index is 0.000000720. The van der Waals surface area contributed by atoms with Gasteiger partial charge in [0.05, 0.1) is 17.5 Å².